The molecule has 1 heteroatoms. The molecule has 1 rings (SSSR count). The lowest BCUT2D eigenvalue weighted by atomic mass is 9.83. The standard InChI is InChI=1S/C15H27N/c1-11(2)10-13(5)16-15-9-7-6-8-14(15)12(3)4/h7,9,11-14H,6,8,10H2,1-5H3. The van der Waals surface area contributed by atoms with Crippen molar-refractivity contribution < 1.29 is 0 Å². The highest BCUT2D eigenvalue weighted by atomic mass is 14.8. The fourth-order valence-electron chi connectivity index (χ4n) is 2.55. The molecule has 0 aliphatic heterocycles. The Morgan fingerprint density at radius 3 is 2.50 bits per heavy atom. The van der Waals surface area contributed by atoms with Crippen molar-refractivity contribution in [3.8, 4) is 0 Å². The zero-order valence-electron chi connectivity index (χ0n) is 11.5. The zero-order chi connectivity index (χ0) is 12.1. The van der Waals surface area contributed by atoms with Crippen LogP contribution in [0.1, 0.15) is 53.9 Å². The van der Waals surface area contributed by atoms with Gasteiger partial charge < -0.3 is 0 Å². The van der Waals surface area contributed by atoms with Crippen LogP contribution in [0.4, 0.5) is 0 Å². The first-order valence-electron chi connectivity index (χ1n) is 6.75. The zero-order valence-corrected chi connectivity index (χ0v) is 11.5. The van der Waals surface area contributed by atoms with Crippen molar-refractivity contribution in [2.45, 2.75) is 59.9 Å². The lowest BCUT2D eigenvalue weighted by Crippen LogP contribution is -2.23. The Hall–Kier alpha value is -0.590. The van der Waals surface area contributed by atoms with E-state index in [4.69, 9.17) is 4.99 Å². The largest absolute Gasteiger partial charge is 0.286 e. The fraction of sp³-hybridized carbons (Fsp3) is 0.800. The average Bonchev–Trinajstić information content (AvgIpc) is 2.16. The van der Waals surface area contributed by atoms with E-state index in [0.29, 0.717) is 12.0 Å². The minimum atomic E-state index is 0.471. The normalized spacial score (nSPS) is 25.7. The van der Waals surface area contributed by atoms with Gasteiger partial charge in [-0.05, 0) is 44.1 Å². The summed E-state index contributed by atoms with van der Waals surface area (Å²) in [7, 11) is 0. The van der Waals surface area contributed by atoms with E-state index >= 15 is 0 Å². The monoisotopic (exact) mass is 221 g/mol. The van der Waals surface area contributed by atoms with Crippen LogP contribution in [-0.2, 0) is 0 Å². The van der Waals surface area contributed by atoms with Gasteiger partial charge in [-0.3, -0.25) is 4.99 Å². The van der Waals surface area contributed by atoms with Gasteiger partial charge in [0.05, 0.1) is 0 Å². The molecule has 0 amide bonds. The molecule has 0 saturated carbocycles. The number of allylic oxidation sites excluding steroid dienone is 2. The lowest BCUT2D eigenvalue weighted by Gasteiger charge is -2.25. The van der Waals surface area contributed by atoms with E-state index in [1.807, 2.05) is 0 Å². The van der Waals surface area contributed by atoms with E-state index < -0.39 is 0 Å². The summed E-state index contributed by atoms with van der Waals surface area (Å²) >= 11 is 0. The first-order chi connectivity index (χ1) is 7.50. The van der Waals surface area contributed by atoms with Crippen molar-refractivity contribution in [3.05, 3.63) is 12.2 Å². The summed E-state index contributed by atoms with van der Waals surface area (Å²) in [5.41, 5.74) is 1.34. The van der Waals surface area contributed by atoms with Crippen molar-refractivity contribution in [1.29, 1.82) is 0 Å². The molecule has 0 heterocycles. The van der Waals surface area contributed by atoms with E-state index in [-0.39, 0.29) is 0 Å². The summed E-state index contributed by atoms with van der Waals surface area (Å²) in [5, 5.41) is 0. The molecule has 0 aromatic rings. The molecule has 16 heavy (non-hydrogen) atoms. The molecule has 1 aliphatic carbocycles. The van der Waals surface area contributed by atoms with Crippen LogP contribution in [-0.4, -0.2) is 11.8 Å². The molecule has 0 aromatic carbocycles. The van der Waals surface area contributed by atoms with Crippen LogP contribution in [0.3, 0.4) is 0 Å². The van der Waals surface area contributed by atoms with Gasteiger partial charge in [0, 0.05) is 17.7 Å². The van der Waals surface area contributed by atoms with Crippen molar-refractivity contribution in [1.82, 2.24) is 0 Å². The third-order valence-corrected chi connectivity index (χ3v) is 3.30. The van der Waals surface area contributed by atoms with Gasteiger partial charge in [-0.1, -0.05) is 33.8 Å². The van der Waals surface area contributed by atoms with E-state index in [1.54, 1.807) is 0 Å². The maximum absolute atomic E-state index is 4.91. The second-order valence-electron chi connectivity index (χ2n) is 5.86. The van der Waals surface area contributed by atoms with Crippen LogP contribution >= 0.6 is 0 Å². The van der Waals surface area contributed by atoms with Crippen LogP contribution in [0.2, 0.25) is 0 Å². The Morgan fingerprint density at radius 1 is 1.25 bits per heavy atom. The minimum Gasteiger partial charge on any atom is -0.286 e. The van der Waals surface area contributed by atoms with Gasteiger partial charge >= 0.3 is 0 Å². The molecule has 0 aromatic heterocycles. The first kappa shape index (κ1) is 13.5. The Labute approximate surface area is 101 Å². The summed E-state index contributed by atoms with van der Waals surface area (Å²) < 4.78 is 0. The third-order valence-electron chi connectivity index (χ3n) is 3.30. The Bertz CT molecular complexity index is 261. The molecule has 0 fully saturated rings. The SMILES string of the molecule is CC(C)CC(C)N=C1C=CCCC1C(C)C. The van der Waals surface area contributed by atoms with E-state index in [9.17, 15) is 0 Å². The molecule has 2 atom stereocenters. The van der Waals surface area contributed by atoms with Gasteiger partial charge in [0.25, 0.3) is 0 Å². The lowest BCUT2D eigenvalue weighted by molar-refractivity contribution is 0.455. The molecule has 2 unspecified atom stereocenters. The van der Waals surface area contributed by atoms with Crippen LogP contribution in [0.25, 0.3) is 0 Å². The fourth-order valence-corrected chi connectivity index (χ4v) is 2.55. The maximum atomic E-state index is 4.91. The number of hydrogen-bond donors (Lipinski definition) is 0. The third kappa shape index (κ3) is 4.11. The highest BCUT2D eigenvalue weighted by Crippen LogP contribution is 2.25. The van der Waals surface area contributed by atoms with Crippen molar-refractivity contribution >= 4 is 5.71 Å². The van der Waals surface area contributed by atoms with E-state index in [0.717, 1.165) is 11.8 Å². The molecule has 1 aliphatic rings. The molecule has 1 nitrogen and oxygen atoms in total. The summed E-state index contributed by atoms with van der Waals surface area (Å²) in [6, 6.07) is 0.471. The van der Waals surface area contributed by atoms with E-state index in [1.165, 1.54) is 25.0 Å². The summed E-state index contributed by atoms with van der Waals surface area (Å²) in [6.07, 6.45) is 8.23. The van der Waals surface area contributed by atoms with Crippen molar-refractivity contribution in [3.63, 3.8) is 0 Å². The Kier molecular flexibility index (Phi) is 5.24. The average molecular weight is 221 g/mol. The molecule has 0 spiro atoms. The molecular formula is C15H27N. The maximum Gasteiger partial charge on any atom is 0.0477 e. The van der Waals surface area contributed by atoms with Gasteiger partial charge in [-0.25, -0.2) is 0 Å². The summed E-state index contributed by atoms with van der Waals surface area (Å²) in [4.78, 5) is 4.91. The predicted molar refractivity (Wildman–Crippen MR) is 73.1 cm³/mol. The minimum absolute atomic E-state index is 0.471. The molecule has 0 bridgehead atoms. The number of rotatable bonds is 4. The number of hydrogen-bond acceptors (Lipinski definition) is 1. The van der Waals surface area contributed by atoms with Gasteiger partial charge in [0.2, 0.25) is 0 Å². The second kappa shape index (κ2) is 6.22. The van der Waals surface area contributed by atoms with Gasteiger partial charge in [0.1, 0.15) is 0 Å². The second-order valence-corrected chi connectivity index (χ2v) is 5.86. The van der Waals surface area contributed by atoms with Gasteiger partial charge in [-0.15, -0.1) is 0 Å². The Balaban J connectivity index is 2.70. The quantitative estimate of drug-likeness (QED) is 0.663. The van der Waals surface area contributed by atoms with Crippen LogP contribution in [0, 0.1) is 17.8 Å². The first-order valence-corrected chi connectivity index (χ1v) is 6.75. The van der Waals surface area contributed by atoms with Gasteiger partial charge in [0.15, 0.2) is 0 Å². The molecule has 0 N–H and O–H groups in total. The predicted octanol–water partition coefficient (Wildman–Crippen LogP) is 4.48. The summed E-state index contributed by atoms with van der Waals surface area (Å²) in [5.74, 6) is 2.14. The highest BCUT2D eigenvalue weighted by Gasteiger charge is 2.20. The Morgan fingerprint density at radius 2 is 1.94 bits per heavy atom. The number of nitrogens with zero attached hydrogens (tertiary/aromatic N) is 1. The number of aliphatic imine (C=N–C) groups is 1. The van der Waals surface area contributed by atoms with Crippen molar-refractivity contribution in [2.75, 3.05) is 0 Å². The molecule has 92 valence electrons. The van der Waals surface area contributed by atoms with Crippen LogP contribution in [0.5, 0.6) is 0 Å². The van der Waals surface area contributed by atoms with Crippen LogP contribution in [0.15, 0.2) is 17.1 Å². The van der Waals surface area contributed by atoms with E-state index in [2.05, 4.69) is 46.8 Å². The summed E-state index contributed by atoms with van der Waals surface area (Å²) in [6.45, 7) is 11.4. The topological polar surface area (TPSA) is 12.4 Å². The van der Waals surface area contributed by atoms with Crippen LogP contribution < -0.4 is 0 Å². The smallest absolute Gasteiger partial charge is 0.0477 e. The highest BCUT2D eigenvalue weighted by molar-refractivity contribution is 5.97. The van der Waals surface area contributed by atoms with Gasteiger partial charge in [-0.2, -0.15) is 0 Å². The molecule has 0 radical (unpaired) electrons. The molecular weight excluding hydrogens is 194 g/mol. The van der Waals surface area contributed by atoms with Crippen molar-refractivity contribution in [2.24, 2.45) is 22.7 Å². The molecule has 0 saturated heterocycles.